The van der Waals surface area contributed by atoms with Crippen molar-refractivity contribution in [3.8, 4) is 0 Å². The molecule has 19 heavy (non-hydrogen) atoms. The minimum Gasteiger partial charge on any atom is -0.389 e. The van der Waals surface area contributed by atoms with E-state index < -0.39 is 10.0 Å². The molecule has 0 aromatic heterocycles. The largest absolute Gasteiger partial charge is 0.389 e. The zero-order valence-corrected chi connectivity index (χ0v) is 12.5. The third kappa shape index (κ3) is 2.96. The van der Waals surface area contributed by atoms with Crippen LogP contribution < -0.4 is 5.73 Å². The Bertz CT molecular complexity index is 567. The molecule has 1 heterocycles. The van der Waals surface area contributed by atoms with E-state index in [0.29, 0.717) is 17.0 Å². The lowest BCUT2D eigenvalue weighted by atomic mass is 10.1. The molecule has 0 amide bonds. The van der Waals surface area contributed by atoms with Gasteiger partial charge < -0.3 is 5.73 Å². The van der Waals surface area contributed by atoms with Gasteiger partial charge in [0.2, 0.25) is 10.0 Å². The van der Waals surface area contributed by atoms with Gasteiger partial charge in [-0.15, -0.1) is 0 Å². The van der Waals surface area contributed by atoms with Gasteiger partial charge in [-0.3, -0.25) is 0 Å². The second-order valence-electron chi connectivity index (χ2n) is 4.85. The van der Waals surface area contributed by atoms with E-state index in [4.69, 9.17) is 18.0 Å². The molecule has 2 rings (SSSR count). The van der Waals surface area contributed by atoms with Gasteiger partial charge in [-0.25, -0.2) is 8.42 Å². The van der Waals surface area contributed by atoms with Gasteiger partial charge in [0.25, 0.3) is 0 Å². The van der Waals surface area contributed by atoms with Crippen molar-refractivity contribution in [1.29, 1.82) is 0 Å². The van der Waals surface area contributed by atoms with E-state index in [1.807, 2.05) is 6.92 Å². The lowest BCUT2D eigenvalue weighted by molar-refractivity contribution is 0.268. The first-order valence-electron chi connectivity index (χ1n) is 6.34. The van der Waals surface area contributed by atoms with E-state index in [1.54, 1.807) is 28.6 Å². The fraction of sp³-hybridized carbons (Fsp3) is 0.462. The fourth-order valence-corrected chi connectivity index (χ4v) is 4.19. The first-order chi connectivity index (χ1) is 8.93. The minimum absolute atomic E-state index is 0.0639. The molecule has 1 atom stereocenters. The summed E-state index contributed by atoms with van der Waals surface area (Å²) in [5, 5.41) is 0. The number of sulfonamides is 1. The highest BCUT2D eigenvalue weighted by Crippen LogP contribution is 2.25. The number of rotatable bonds is 3. The van der Waals surface area contributed by atoms with Crippen LogP contribution in [0.2, 0.25) is 0 Å². The van der Waals surface area contributed by atoms with E-state index in [2.05, 4.69) is 0 Å². The third-order valence-corrected chi connectivity index (χ3v) is 5.75. The quantitative estimate of drug-likeness (QED) is 0.866. The molecule has 0 bridgehead atoms. The molecule has 0 saturated carbocycles. The molecule has 1 unspecified atom stereocenters. The maximum Gasteiger partial charge on any atom is 0.243 e. The Morgan fingerprint density at radius 1 is 1.32 bits per heavy atom. The normalized spacial score (nSPS) is 21.2. The Labute approximate surface area is 119 Å². The molecular weight excluding hydrogens is 280 g/mol. The number of hydrogen-bond acceptors (Lipinski definition) is 3. The minimum atomic E-state index is -3.40. The van der Waals surface area contributed by atoms with Crippen LogP contribution in [-0.2, 0) is 10.0 Å². The molecule has 0 radical (unpaired) electrons. The van der Waals surface area contributed by atoms with E-state index >= 15 is 0 Å². The lowest BCUT2D eigenvalue weighted by Gasteiger charge is -2.32. The monoisotopic (exact) mass is 298 g/mol. The third-order valence-electron chi connectivity index (χ3n) is 3.49. The van der Waals surface area contributed by atoms with Crippen LogP contribution in [0.15, 0.2) is 29.2 Å². The van der Waals surface area contributed by atoms with E-state index in [0.717, 1.165) is 19.3 Å². The van der Waals surface area contributed by atoms with Crippen molar-refractivity contribution in [3.05, 3.63) is 29.8 Å². The topological polar surface area (TPSA) is 63.4 Å². The van der Waals surface area contributed by atoms with E-state index in [-0.39, 0.29) is 11.0 Å². The summed E-state index contributed by atoms with van der Waals surface area (Å²) in [6.45, 7) is 2.56. The van der Waals surface area contributed by atoms with Crippen molar-refractivity contribution in [2.45, 2.75) is 37.1 Å². The Hall–Kier alpha value is -0.980. The Balaban J connectivity index is 2.30. The molecule has 2 N–H and O–H groups in total. The molecular formula is C13H18N2O2S2. The van der Waals surface area contributed by atoms with Gasteiger partial charge in [0.15, 0.2) is 0 Å². The van der Waals surface area contributed by atoms with Gasteiger partial charge in [-0.05, 0) is 31.9 Å². The molecule has 1 aromatic carbocycles. The van der Waals surface area contributed by atoms with Crippen LogP contribution in [0.25, 0.3) is 0 Å². The van der Waals surface area contributed by atoms with Crippen LogP contribution in [0.4, 0.5) is 0 Å². The van der Waals surface area contributed by atoms with Crippen LogP contribution in [0, 0.1) is 0 Å². The Morgan fingerprint density at radius 3 is 2.47 bits per heavy atom. The van der Waals surface area contributed by atoms with Gasteiger partial charge in [0, 0.05) is 18.2 Å². The highest BCUT2D eigenvalue weighted by Gasteiger charge is 2.30. The van der Waals surface area contributed by atoms with Crippen LogP contribution in [0.1, 0.15) is 31.7 Å². The predicted molar refractivity (Wildman–Crippen MR) is 79.5 cm³/mol. The van der Waals surface area contributed by atoms with E-state index in [1.165, 1.54) is 0 Å². The van der Waals surface area contributed by atoms with Gasteiger partial charge in [0.1, 0.15) is 4.99 Å². The molecule has 0 aliphatic carbocycles. The molecule has 0 spiro atoms. The number of nitrogens with zero attached hydrogens (tertiary/aromatic N) is 1. The zero-order chi connectivity index (χ0) is 14.0. The first kappa shape index (κ1) is 14.4. The van der Waals surface area contributed by atoms with Crippen LogP contribution in [-0.4, -0.2) is 30.3 Å². The number of piperidine rings is 1. The second kappa shape index (κ2) is 5.56. The lowest BCUT2D eigenvalue weighted by Crippen LogP contribution is -2.41. The van der Waals surface area contributed by atoms with Gasteiger partial charge >= 0.3 is 0 Å². The van der Waals surface area contributed by atoms with Gasteiger partial charge in [-0.1, -0.05) is 30.8 Å². The standard InChI is InChI=1S/C13H18N2O2S2/c1-10-4-2-3-9-15(10)19(16,17)12-7-5-11(6-8-12)13(14)18/h5-8,10H,2-4,9H2,1H3,(H2,14,18). The number of benzene rings is 1. The van der Waals surface area contributed by atoms with Crippen LogP contribution in [0.5, 0.6) is 0 Å². The van der Waals surface area contributed by atoms with Crippen LogP contribution >= 0.6 is 12.2 Å². The van der Waals surface area contributed by atoms with Crippen molar-refractivity contribution in [2.24, 2.45) is 5.73 Å². The second-order valence-corrected chi connectivity index (χ2v) is 7.18. The van der Waals surface area contributed by atoms with Gasteiger partial charge in [0.05, 0.1) is 4.90 Å². The number of thiocarbonyl (C=S) groups is 1. The maximum atomic E-state index is 12.5. The number of hydrogen-bond donors (Lipinski definition) is 1. The molecule has 104 valence electrons. The van der Waals surface area contributed by atoms with Crippen molar-refractivity contribution in [3.63, 3.8) is 0 Å². The molecule has 1 aliphatic rings. The van der Waals surface area contributed by atoms with Gasteiger partial charge in [-0.2, -0.15) is 4.31 Å². The average Bonchev–Trinajstić information content (AvgIpc) is 2.39. The Morgan fingerprint density at radius 2 is 1.95 bits per heavy atom. The van der Waals surface area contributed by atoms with Crippen molar-refractivity contribution in [2.75, 3.05) is 6.54 Å². The summed E-state index contributed by atoms with van der Waals surface area (Å²) in [4.78, 5) is 0.580. The summed E-state index contributed by atoms with van der Waals surface area (Å²) in [6.07, 6.45) is 2.94. The van der Waals surface area contributed by atoms with Crippen molar-refractivity contribution < 1.29 is 8.42 Å². The summed E-state index contributed by atoms with van der Waals surface area (Å²) in [5.74, 6) is 0. The van der Waals surface area contributed by atoms with Crippen LogP contribution in [0.3, 0.4) is 0 Å². The van der Waals surface area contributed by atoms with Crippen molar-refractivity contribution in [1.82, 2.24) is 4.31 Å². The average molecular weight is 298 g/mol. The summed E-state index contributed by atoms with van der Waals surface area (Å²) in [5.41, 5.74) is 6.19. The maximum absolute atomic E-state index is 12.5. The van der Waals surface area contributed by atoms with Crippen molar-refractivity contribution >= 4 is 27.2 Å². The van der Waals surface area contributed by atoms with E-state index in [9.17, 15) is 8.42 Å². The first-order valence-corrected chi connectivity index (χ1v) is 8.19. The smallest absolute Gasteiger partial charge is 0.243 e. The molecule has 1 aliphatic heterocycles. The molecule has 1 fully saturated rings. The summed E-state index contributed by atoms with van der Waals surface area (Å²) in [7, 11) is -3.40. The molecule has 1 aromatic rings. The summed E-state index contributed by atoms with van der Waals surface area (Å²) >= 11 is 4.86. The predicted octanol–water partition coefficient (Wildman–Crippen LogP) is 1.88. The molecule has 4 nitrogen and oxygen atoms in total. The fourth-order valence-electron chi connectivity index (χ4n) is 2.36. The highest BCUT2D eigenvalue weighted by molar-refractivity contribution is 7.89. The zero-order valence-electron chi connectivity index (χ0n) is 10.9. The summed E-state index contributed by atoms with van der Waals surface area (Å²) in [6, 6.07) is 6.53. The SMILES string of the molecule is CC1CCCCN1S(=O)(=O)c1ccc(C(N)=S)cc1. The molecule has 6 heteroatoms. The number of nitrogens with two attached hydrogens (primary N) is 1. The summed E-state index contributed by atoms with van der Waals surface area (Å²) < 4.78 is 26.7. The Kier molecular flexibility index (Phi) is 4.23. The highest BCUT2D eigenvalue weighted by atomic mass is 32.2. The molecule has 1 saturated heterocycles.